The van der Waals surface area contributed by atoms with Gasteiger partial charge in [-0.2, -0.15) is 0 Å². The molecule has 1 aromatic carbocycles. The highest BCUT2D eigenvalue weighted by molar-refractivity contribution is 5.98. The van der Waals surface area contributed by atoms with Crippen molar-refractivity contribution in [3.05, 3.63) is 35.4 Å². The molecule has 0 spiro atoms. The SMILES string of the molecule is Cc1cccc(C(=O)C2CCOC2C)c1. The Morgan fingerprint density at radius 3 is 2.87 bits per heavy atom. The van der Waals surface area contributed by atoms with Crippen molar-refractivity contribution in [2.75, 3.05) is 6.61 Å². The average Bonchev–Trinajstić information content (AvgIpc) is 2.63. The van der Waals surface area contributed by atoms with E-state index in [1.165, 1.54) is 0 Å². The molecule has 0 N–H and O–H groups in total. The summed E-state index contributed by atoms with van der Waals surface area (Å²) in [7, 11) is 0. The van der Waals surface area contributed by atoms with E-state index in [0.717, 1.165) is 17.5 Å². The Labute approximate surface area is 90.3 Å². The molecule has 0 saturated carbocycles. The van der Waals surface area contributed by atoms with Crippen LogP contribution in [-0.2, 0) is 4.74 Å². The maximum atomic E-state index is 12.1. The number of rotatable bonds is 2. The zero-order valence-electron chi connectivity index (χ0n) is 9.19. The molecule has 1 aliphatic heterocycles. The first-order valence-corrected chi connectivity index (χ1v) is 5.41. The highest BCUT2D eigenvalue weighted by Gasteiger charge is 2.31. The van der Waals surface area contributed by atoms with Crippen molar-refractivity contribution in [2.24, 2.45) is 5.92 Å². The molecule has 15 heavy (non-hydrogen) atoms. The zero-order valence-corrected chi connectivity index (χ0v) is 9.19. The molecule has 2 atom stereocenters. The van der Waals surface area contributed by atoms with Gasteiger partial charge in [0.05, 0.1) is 12.0 Å². The van der Waals surface area contributed by atoms with Crippen molar-refractivity contribution in [2.45, 2.75) is 26.4 Å². The van der Waals surface area contributed by atoms with E-state index in [2.05, 4.69) is 0 Å². The fraction of sp³-hybridized carbons (Fsp3) is 0.462. The van der Waals surface area contributed by atoms with Crippen LogP contribution in [0.15, 0.2) is 24.3 Å². The van der Waals surface area contributed by atoms with Gasteiger partial charge in [0.25, 0.3) is 0 Å². The lowest BCUT2D eigenvalue weighted by atomic mass is 9.92. The summed E-state index contributed by atoms with van der Waals surface area (Å²) in [6.45, 7) is 4.69. The molecule has 1 aliphatic rings. The Balaban J connectivity index is 2.20. The molecule has 0 bridgehead atoms. The van der Waals surface area contributed by atoms with Crippen LogP contribution in [0.3, 0.4) is 0 Å². The van der Waals surface area contributed by atoms with Crippen molar-refractivity contribution >= 4 is 5.78 Å². The molecule has 0 radical (unpaired) electrons. The maximum Gasteiger partial charge on any atom is 0.168 e. The number of aryl methyl sites for hydroxylation is 1. The largest absolute Gasteiger partial charge is 0.378 e. The number of ether oxygens (including phenoxy) is 1. The minimum atomic E-state index is 0.0480. The van der Waals surface area contributed by atoms with Crippen molar-refractivity contribution in [3.8, 4) is 0 Å². The second-order valence-corrected chi connectivity index (χ2v) is 4.20. The van der Waals surface area contributed by atoms with Crippen molar-refractivity contribution in [1.82, 2.24) is 0 Å². The number of hydrogen-bond acceptors (Lipinski definition) is 2. The van der Waals surface area contributed by atoms with E-state index in [0.29, 0.717) is 6.61 Å². The molecule has 0 aliphatic carbocycles. The quantitative estimate of drug-likeness (QED) is 0.692. The summed E-state index contributed by atoms with van der Waals surface area (Å²) in [6.07, 6.45) is 0.923. The van der Waals surface area contributed by atoms with Crippen LogP contribution in [0.4, 0.5) is 0 Å². The van der Waals surface area contributed by atoms with E-state index in [1.54, 1.807) is 0 Å². The predicted molar refractivity (Wildman–Crippen MR) is 59.0 cm³/mol. The Morgan fingerprint density at radius 2 is 2.27 bits per heavy atom. The summed E-state index contributed by atoms with van der Waals surface area (Å²) in [5.74, 6) is 0.274. The van der Waals surface area contributed by atoms with E-state index in [9.17, 15) is 4.79 Å². The summed E-state index contributed by atoms with van der Waals surface area (Å²) < 4.78 is 5.42. The number of carbonyl (C=O) groups is 1. The van der Waals surface area contributed by atoms with E-state index < -0.39 is 0 Å². The van der Waals surface area contributed by atoms with Gasteiger partial charge in [-0.3, -0.25) is 4.79 Å². The number of benzene rings is 1. The summed E-state index contributed by atoms with van der Waals surface area (Å²) in [4.78, 5) is 12.1. The third-order valence-corrected chi connectivity index (χ3v) is 3.02. The van der Waals surface area contributed by atoms with Gasteiger partial charge in [0.2, 0.25) is 0 Å². The highest BCUT2D eigenvalue weighted by Crippen LogP contribution is 2.24. The third-order valence-electron chi connectivity index (χ3n) is 3.02. The van der Waals surface area contributed by atoms with E-state index in [1.807, 2.05) is 38.1 Å². The molecular formula is C13H16O2. The van der Waals surface area contributed by atoms with Gasteiger partial charge < -0.3 is 4.74 Å². The molecule has 80 valence electrons. The lowest BCUT2D eigenvalue weighted by Crippen LogP contribution is -2.21. The summed E-state index contributed by atoms with van der Waals surface area (Å²) in [6, 6.07) is 7.78. The molecule has 1 heterocycles. The first kappa shape index (κ1) is 10.4. The summed E-state index contributed by atoms with van der Waals surface area (Å²) in [5, 5.41) is 0. The van der Waals surface area contributed by atoms with Crippen LogP contribution in [-0.4, -0.2) is 18.5 Å². The maximum absolute atomic E-state index is 12.1. The lowest BCUT2D eigenvalue weighted by Gasteiger charge is -2.12. The zero-order chi connectivity index (χ0) is 10.8. The number of ketones is 1. The van der Waals surface area contributed by atoms with E-state index >= 15 is 0 Å². The van der Waals surface area contributed by atoms with Gasteiger partial charge in [0.1, 0.15) is 0 Å². The minimum absolute atomic E-state index is 0.0480. The first-order chi connectivity index (χ1) is 7.18. The molecule has 2 rings (SSSR count). The molecule has 1 saturated heterocycles. The Morgan fingerprint density at radius 1 is 1.47 bits per heavy atom. The monoisotopic (exact) mass is 204 g/mol. The van der Waals surface area contributed by atoms with Gasteiger partial charge >= 0.3 is 0 Å². The second-order valence-electron chi connectivity index (χ2n) is 4.20. The Bertz CT molecular complexity index is 371. The van der Waals surface area contributed by atoms with Crippen molar-refractivity contribution in [1.29, 1.82) is 0 Å². The topological polar surface area (TPSA) is 26.3 Å². The normalized spacial score (nSPS) is 25.5. The molecule has 1 aromatic rings. The predicted octanol–water partition coefficient (Wildman–Crippen LogP) is 2.60. The van der Waals surface area contributed by atoms with Gasteiger partial charge in [-0.05, 0) is 26.3 Å². The van der Waals surface area contributed by atoms with Gasteiger partial charge in [-0.25, -0.2) is 0 Å². The van der Waals surface area contributed by atoms with Gasteiger partial charge in [0, 0.05) is 12.2 Å². The van der Waals surface area contributed by atoms with Crippen LogP contribution in [0.25, 0.3) is 0 Å². The molecule has 0 aromatic heterocycles. The third kappa shape index (κ3) is 2.10. The van der Waals surface area contributed by atoms with Crippen LogP contribution >= 0.6 is 0 Å². The molecule has 2 heteroatoms. The minimum Gasteiger partial charge on any atom is -0.378 e. The van der Waals surface area contributed by atoms with Crippen LogP contribution in [0.5, 0.6) is 0 Å². The Hall–Kier alpha value is -1.15. The van der Waals surface area contributed by atoms with Gasteiger partial charge in [-0.15, -0.1) is 0 Å². The molecule has 1 fully saturated rings. The van der Waals surface area contributed by atoms with Crippen LogP contribution in [0.2, 0.25) is 0 Å². The average molecular weight is 204 g/mol. The molecule has 2 nitrogen and oxygen atoms in total. The van der Waals surface area contributed by atoms with Crippen LogP contribution in [0.1, 0.15) is 29.3 Å². The fourth-order valence-electron chi connectivity index (χ4n) is 2.09. The first-order valence-electron chi connectivity index (χ1n) is 5.41. The van der Waals surface area contributed by atoms with Crippen molar-refractivity contribution < 1.29 is 9.53 Å². The molecule has 2 unspecified atom stereocenters. The second kappa shape index (κ2) is 4.15. The summed E-state index contributed by atoms with van der Waals surface area (Å²) in [5.41, 5.74) is 1.95. The standard InChI is InChI=1S/C13H16O2/c1-9-4-3-5-11(8-9)13(14)12-6-7-15-10(12)2/h3-5,8,10,12H,6-7H2,1-2H3. The van der Waals surface area contributed by atoms with Crippen LogP contribution in [0, 0.1) is 12.8 Å². The van der Waals surface area contributed by atoms with E-state index in [-0.39, 0.29) is 17.8 Å². The lowest BCUT2D eigenvalue weighted by molar-refractivity contribution is 0.0764. The number of hydrogen-bond donors (Lipinski definition) is 0. The number of Topliss-reactive ketones (excluding diaryl/α,β-unsaturated/α-hetero) is 1. The Kier molecular flexibility index (Phi) is 2.87. The van der Waals surface area contributed by atoms with Gasteiger partial charge in [0.15, 0.2) is 5.78 Å². The highest BCUT2D eigenvalue weighted by atomic mass is 16.5. The smallest absolute Gasteiger partial charge is 0.168 e. The van der Waals surface area contributed by atoms with E-state index in [4.69, 9.17) is 4.74 Å². The van der Waals surface area contributed by atoms with Gasteiger partial charge in [-0.1, -0.05) is 23.8 Å². The number of carbonyl (C=O) groups excluding carboxylic acids is 1. The van der Waals surface area contributed by atoms with Crippen molar-refractivity contribution in [3.63, 3.8) is 0 Å². The summed E-state index contributed by atoms with van der Waals surface area (Å²) >= 11 is 0. The molecular weight excluding hydrogens is 188 g/mol. The van der Waals surface area contributed by atoms with Crippen LogP contribution < -0.4 is 0 Å². The fourth-order valence-corrected chi connectivity index (χ4v) is 2.09. The molecule has 0 amide bonds.